The summed E-state index contributed by atoms with van der Waals surface area (Å²) in [6.45, 7) is 2.33. The summed E-state index contributed by atoms with van der Waals surface area (Å²) in [4.78, 5) is 0. The first-order chi connectivity index (χ1) is 9.24. The molecule has 1 saturated carbocycles. The lowest BCUT2D eigenvalue weighted by atomic mass is 10.1. The van der Waals surface area contributed by atoms with Crippen molar-refractivity contribution in [3.8, 4) is 5.75 Å². The minimum Gasteiger partial charge on any atom is -0.490 e. The van der Waals surface area contributed by atoms with E-state index in [0.29, 0.717) is 31.2 Å². The molecule has 1 aliphatic carbocycles. The van der Waals surface area contributed by atoms with Crippen LogP contribution < -0.4 is 10.1 Å². The molecule has 1 atom stereocenters. The minimum atomic E-state index is -0.648. The number of hydrogen-bond acceptors (Lipinski definition) is 3. The second kappa shape index (κ2) is 5.43. The fraction of sp³-hybridized carbons (Fsp3) is 0.571. The molecule has 1 unspecified atom stereocenters. The van der Waals surface area contributed by atoms with Crippen molar-refractivity contribution in [1.29, 1.82) is 0 Å². The van der Waals surface area contributed by atoms with Crippen molar-refractivity contribution in [1.82, 2.24) is 5.32 Å². The highest BCUT2D eigenvalue weighted by Crippen LogP contribution is 2.35. The smallest absolute Gasteiger partial charge is 0.168 e. The molecular formula is C14H17F2NO2. The van der Waals surface area contributed by atoms with E-state index in [4.69, 9.17) is 9.47 Å². The highest BCUT2D eigenvalue weighted by molar-refractivity contribution is 5.38. The van der Waals surface area contributed by atoms with Crippen LogP contribution in [-0.4, -0.2) is 26.3 Å². The third kappa shape index (κ3) is 3.04. The zero-order valence-electron chi connectivity index (χ0n) is 10.6. The maximum Gasteiger partial charge on any atom is 0.168 e. The zero-order chi connectivity index (χ0) is 13.2. The van der Waals surface area contributed by atoms with Gasteiger partial charge in [0.05, 0.1) is 19.3 Å². The van der Waals surface area contributed by atoms with Crippen LogP contribution in [-0.2, 0) is 4.74 Å². The highest BCUT2D eigenvalue weighted by Gasteiger charge is 2.26. The van der Waals surface area contributed by atoms with Crippen molar-refractivity contribution in [3.63, 3.8) is 0 Å². The van der Waals surface area contributed by atoms with Crippen molar-refractivity contribution in [2.24, 2.45) is 5.92 Å². The average molecular weight is 269 g/mol. The van der Waals surface area contributed by atoms with E-state index >= 15 is 0 Å². The molecule has 1 aromatic carbocycles. The maximum absolute atomic E-state index is 13.9. The molecule has 0 radical (unpaired) electrons. The molecule has 1 aliphatic heterocycles. The van der Waals surface area contributed by atoms with Gasteiger partial charge in [0.2, 0.25) is 0 Å². The summed E-state index contributed by atoms with van der Waals surface area (Å²) in [7, 11) is 0. The van der Waals surface area contributed by atoms with Crippen LogP contribution in [0.4, 0.5) is 8.78 Å². The van der Waals surface area contributed by atoms with E-state index in [1.807, 2.05) is 0 Å². The average Bonchev–Trinajstić information content (AvgIpc) is 3.22. The van der Waals surface area contributed by atoms with E-state index in [0.717, 1.165) is 25.5 Å². The summed E-state index contributed by atoms with van der Waals surface area (Å²) in [6, 6.07) is 2.17. The second-order valence-electron chi connectivity index (χ2n) is 5.12. The van der Waals surface area contributed by atoms with Crippen LogP contribution in [0.3, 0.4) is 0 Å². The summed E-state index contributed by atoms with van der Waals surface area (Å²) in [6.07, 6.45) is 1.90. The molecule has 19 heavy (non-hydrogen) atoms. The quantitative estimate of drug-likeness (QED) is 0.910. The normalized spacial score (nSPS) is 23.4. The molecular weight excluding hydrogens is 252 g/mol. The monoisotopic (exact) mass is 269 g/mol. The van der Waals surface area contributed by atoms with Gasteiger partial charge in [0.1, 0.15) is 5.82 Å². The largest absolute Gasteiger partial charge is 0.490 e. The Hall–Kier alpha value is -1.20. The Kier molecular flexibility index (Phi) is 3.66. The Morgan fingerprint density at radius 1 is 1.32 bits per heavy atom. The summed E-state index contributed by atoms with van der Waals surface area (Å²) in [5.74, 6) is -0.588. The zero-order valence-corrected chi connectivity index (χ0v) is 10.6. The molecule has 1 heterocycles. The molecule has 2 fully saturated rings. The number of rotatable bonds is 4. The van der Waals surface area contributed by atoms with Crippen molar-refractivity contribution < 1.29 is 18.3 Å². The first kappa shape index (κ1) is 12.8. The van der Waals surface area contributed by atoms with Gasteiger partial charge in [-0.25, -0.2) is 8.78 Å². The Bertz CT molecular complexity index is 457. The van der Waals surface area contributed by atoms with Crippen LogP contribution in [0.15, 0.2) is 12.1 Å². The van der Waals surface area contributed by atoms with Gasteiger partial charge in [-0.1, -0.05) is 0 Å². The minimum absolute atomic E-state index is 0.141. The van der Waals surface area contributed by atoms with E-state index in [1.54, 1.807) is 0 Å². The lowest BCUT2D eigenvalue weighted by Gasteiger charge is -2.26. The Balaban J connectivity index is 1.85. The lowest BCUT2D eigenvalue weighted by Crippen LogP contribution is -2.33. The van der Waals surface area contributed by atoms with E-state index in [2.05, 4.69) is 5.32 Å². The van der Waals surface area contributed by atoms with Crippen molar-refractivity contribution in [3.05, 3.63) is 29.3 Å². The van der Waals surface area contributed by atoms with Gasteiger partial charge in [0.15, 0.2) is 11.6 Å². The standard InChI is InChI=1S/C14H17F2NO2/c15-10-5-11(13-7-17-3-4-18-13)14(12(16)6-10)19-8-9-1-2-9/h5-6,9,13,17H,1-4,7-8H2. The first-order valence-electron chi connectivity index (χ1n) is 6.68. The molecule has 0 bridgehead atoms. The van der Waals surface area contributed by atoms with E-state index in [9.17, 15) is 8.78 Å². The first-order valence-corrected chi connectivity index (χ1v) is 6.68. The van der Waals surface area contributed by atoms with Crippen molar-refractivity contribution in [2.75, 3.05) is 26.3 Å². The van der Waals surface area contributed by atoms with E-state index in [1.165, 1.54) is 6.07 Å². The van der Waals surface area contributed by atoms with Crippen molar-refractivity contribution >= 4 is 0 Å². The van der Waals surface area contributed by atoms with Crippen LogP contribution in [0.5, 0.6) is 5.75 Å². The van der Waals surface area contributed by atoms with Crippen LogP contribution >= 0.6 is 0 Å². The fourth-order valence-corrected chi connectivity index (χ4v) is 2.22. The number of nitrogens with one attached hydrogen (secondary N) is 1. The van der Waals surface area contributed by atoms with Gasteiger partial charge in [0.25, 0.3) is 0 Å². The lowest BCUT2D eigenvalue weighted by molar-refractivity contribution is 0.0252. The van der Waals surface area contributed by atoms with Gasteiger partial charge >= 0.3 is 0 Å². The molecule has 5 heteroatoms. The molecule has 1 aromatic rings. The Labute approximate surface area is 110 Å². The predicted octanol–water partition coefficient (Wildman–Crippen LogP) is 2.41. The van der Waals surface area contributed by atoms with Gasteiger partial charge in [0, 0.05) is 24.7 Å². The molecule has 0 spiro atoms. The number of halogens is 2. The molecule has 1 N–H and O–H groups in total. The number of morpholine rings is 1. The maximum atomic E-state index is 13.9. The summed E-state index contributed by atoms with van der Waals surface area (Å²) in [5.41, 5.74) is 0.463. The molecule has 0 aromatic heterocycles. The second-order valence-corrected chi connectivity index (χ2v) is 5.12. The van der Waals surface area contributed by atoms with Crippen LogP contribution in [0, 0.1) is 17.6 Å². The van der Waals surface area contributed by atoms with Gasteiger partial charge in [-0.2, -0.15) is 0 Å². The number of hydrogen-bond donors (Lipinski definition) is 1. The highest BCUT2D eigenvalue weighted by atomic mass is 19.1. The van der Waals surface area contributed by atoms with Gasteiger partial charge in [-0.3, -0.25) is 0 Å². The molecule has 0 amide bonds. The van der Waals surface area contributed by atoms with Crippen molar-refractivity contribution in [2.45, 2.75) is 18.9 Å². The topological polar surface area (TPSA) is 30.5 Å². The van der Waals surface area contributed by atoms with E-state index in [-0.39, 0.29) is 11.9 Å². The fourth-order valence-electron chi connectivity index (χ4n) is 2.22. The molecule has 104 valence electrons. The van der Waals surface area contributed by atoms with Crippen LogP contribution in [0.25, 0.3) is 0 Å². The number of benzene rings is 1. The van der Waals surface area contributed by atoms with Crippen LogP contribution in [0.1, 0.15) is 24.5 Å². The third-order valence-corrected chi connectivity index (χ3v) is 3.47. The Morgan fingerprint density at radius 3 is 2.84 bits per heavy atom. The number of ether oxygens (including phenoxy) is 2. The Morgan fingerprint density at radius 2 is 2.16 bits per heavy atom. The summed E-state index contributed by atoms with van der Waals surface area (Å²) < 4.78 is 38.4. The van der Waals surface area contributed by atoms with Gasteiger partial charge < -0.3 is 14.8 Å². The predicted molar refractivity (Wildman–Crippen MR) is 66.1 cm³/mol. The molecule has 2 aliphatic rings. The summed E-state index contributed by atoms with van der Waals surface area (Å²) in [5, 5.41) is 3.15. The van der Waals surface area contributed by atoms with Crippen LogP contribution in [0.2, 0.25) is 0 Å². The molecule has 3 nitrogen and oxygen atoms in total. The third-order valence-electron chi connectivity index (χ3n) is 3.47. The molecule has 3 rings (SSSR count). The summed E-state index contributed by atoms with van der Waals surface area (Å²) >= 11 is 0. The SMILES string of the molecule is Fc1cc(F)c(OCC2CC2)c(C2CNCCO2)c1. The van der Waals surface area contributed by atoms with E-state index < -0.39 is 11.6 Å². The van der Waals surface area contributed by atoms with Gasteiger partial charge in [-0.15, -0.1) is 0 Å². The van der Waals surface area contributed by atoms with Gasteiger partial charge in [-0.05, 0) is 24.8 Å². The molecule has 1 saturated heterocycles.